The standard InChI is InChI=1S/C12H22N6/c1-8-5-4-6-9(7-8)14-11-15-10(13)16-12(17-11)18(2)3/h8-9H,4-7H2,1-3H3,(H3,13,14,15,16,17). The van der Waals surface area contributed by atoms with Crippen LogP contribution in [0.5, 0.6) is 0 Å². The van der Waals surface area contributed by atoms with E-state index in [1.54, 1.807) is 0 Å². The summed E-state index contributed by atoms with van der Waals surface area (Å²) in [7, 11) is 3.78. The van der Waals surface area contributed by atoms with Crippen LogP contribution in [0.3, 0.4) is 0 Å². The molecule has 1 fully saturated rings. The summed E-state index contributed by atoms with van der Waals surface area (Å²) < 4.78 is 0. The van der Waals surface area contributed by atoms with Gasteiger partial charge in [0.2, 0.25) is 17.8 Å². The van der Waals surface area contributed by atoms with Gasteiger partial charge in [0.15, 0.2) is 0 Å². The number of nitrogens with two attached hydrogens (primary N) is 1. The fraction of sp³-hybridized carbons (Fsp3) is 0.750. The summed E-state index contributed by atoms with van der Waals surface area (Å²) >= 11 is 0. The third-order valence-electron chi connectivity index (χ3n) is 3.31. The molecule has 0 spiro atoms. The van der Waals surface area contributed by atoms with Gasteiger partial charge in [-0.2, -0.15) is 15.0 Å². The van der Waals surface area contributed by atoms with E-state index >= 15 is 0 Å². The molecular formula is C12H22N6. The van der Waals surface area contributed by atoms with Crippen molar-refractivity contribution in [3.63, 3.8) is 0 Å². The zero-order chi connectivity index (χ0) is 13.1. The minimum Gasteiger partial charge on any atom is -0.368 e. The molecule has 1 saturated carbocycles. The van der Waals surface area contributed by atoms with Gasteiger partial charge in [-0.25, -0.2) is 0 Å². The molecular weight excluding hydrogens is 228 g/mol. The van der Waals surface area contributed by atoms with E-state index in [0.29, 0.717) is 17.9 Å². The largest absolute Gasteiger partial charge is 0.368 e. The summed E-state index contributed by atoms with van der Waals surface area (Å²) in [5.41, 5.74) is 5.70. The summed E-state index contributed by atoms with van der Waals surface area (Å²) in [6.45, 7) is 2.29. The van der Waals surface area contributed by atoms with Crippen molar-refractivity contribution in [1.82, 2.24) is 15.0 Å². The number of rotatable bonds is 3. The maximum atomic E-state index is 5.70. The quantitative estimate of drug-likeness (QED) is 0.846. The van der Waals surface area contributed by atoms with Gasteiger partial charge in [0.05, 0.1) is 0 Å². The van der Waals surface area contributed by atoms with Crippen LogP contribution in [0.2, 0.25) is 0 Å². The Labute approximate surface area is 108 Å². The van der Waals surface area contributed by atoms with E-state index in [4.69, 9.17) is 5.73 Å². The number of hydrogen-bond acceptors (Lipinski definition) is 6. The predicted octanol–water partition coefficient (Wildman–Crippen LogP) is 1.51. The first-order chi connectivity index (χ1) is 8.54. The summed E-state index contributed by atoms with van der Waals surface area (Å²) in [6, 6.07) is 0.450. The van der Waals surface area contributed by atoms with Crippen molar-refractivity contribution >= 4 is 17.8 Å². The molecule has 0 amide bonds. The molecule has 2 atom stereocenters. The molecule has 1 aliphatic rings. The highest BCUT2D eigenvalue weighted by Crippen LogP contribution is 2.25. The molecule has 0 bridgehead atoms. The second-order valence-electron chi connectivity index (χ2n) is 5.32. The summed E-state index contributed by atoms with van der Waals surface area (Å²) in [6.07, 6.45) is 4.93. The molecule has 2 rings (SSSR count). The van der Waals surface area contributed by atoms with Crippen LogP contribution in [-0.4, -0.2) is 35.1 Å². The maximum Gasteiger partial charge on any atom is 0.231 e. The Kier molecular flexibility index (Phi) is 3.84. The van der Waals surface area contributed by atoms with Crippen molar-refractivity contribution in [2.45, 2.75) is 38.6 Å². The summed E-state index contributed by atoms with van der Waals surface area (Å²) in [5, 5.41) is 3.38. The van der Waals surface area contributed by atoms with Gasteiger partial charge in [0.1, 0.15) is 0 Å². The first kappa shape index (κ1) is 12.9. The Morgan fingerprint density at radius 1 is 1.22 bits per heavy atom. The highest BCUT2D eigenvalue weighted by atomic mass is 15.3. The van der Waals surface area contributed by atoms with Gasteiger partial charge in [-0.3, -0.25) is 0 Å². The fourth-order valence-electron chi connectivity index (χ4n) is 2.39. The molecule has 1 aromatic heterocycles. The van der Waals surface area contributed by atoms with Crippen molar-refractivity contribution in [1.29, 1.82) is 0 Å². The maximum absolute atomic E-state index is 5.70. The second kappa shape index (κ2) is 5.37. The number of aromatic nitrogens is 3. The molecule has 0 saturated heterocycles. The highest BCUT2D eigenvalue weighted by molar-refractivity contribution is 5.41. The zero-order valence-electron chi connectivity index (χ0n) is 11.3. The molecule has 0 aliphatic heterocycles. The smallest absolute Gasteiger partial charge is 0.231 e. The number of nitrogens with zero attached hydrogens (tertiary/aromatic N) is 4. The lowest BCUT2D eigenvalue weighted by atomic mass is 9.87. The number of nitrogens with one attached hydrogen (secondary N) is 1. The van der Waals surface area contributed by atoms with E-state index in [-0.39, 0.29) is 5.95 Å². The van der Waals surface area contributed by atoms with Crippen LogP contribution in [0.15, 0.2) is 0 Å². The van der Waals surface area contributed by atoms with Gasteiger partial charge in [-0.1, -0.05) is 19.8 Å². The first-order valence-corrected chi connectivity index (χ1v) is 6.50. The van der Waals surface area contributed by atoms with E-state index in [9.17, 15) is 0 Å². The van der Waals surface area contributed by atoms with Crippen LogP contribution in [0, 0.1) is 5.92 Å². The molecule has 100 valence electrons. The SMILES string of the molecule is CC1CCCC(Nc2nc(N)nc(N(C)C)n2)C1. The Bertz CT molecular complexity index is 406. The van der Waals surface area contributed by atoms with E-state index < -0.39 is 0 Å². The molecule has 3 N–H and O–H groups in total. The van der Waals surface area contributed by atoms with Gasteiger partial charge >= 0.3 is 0 Å². The van der Waals surface area contributed by atoms with Crippen LogP contribution >= 0.6 is 0 Å². The van der Waals surface area contributed by atoms with Gasteiger partial charge < -0.3 is 16.0 Å². The lowest BCUT2D eigenvalue weighted by Gasteiger charge is -2.27. The van der Waals surface area contributed by atoms with Gasteiger partial charge in [-0.15, -0.1) is 0 Å². The molecule has 6 nitrogen and oxygen atoms in total. The molecule has 1 aliphatic carbocycles. The Morgan fingerprint density at radius 2 is 2.00 bits per heavy atom. The van der Waals surface area contributed by atoms with Crippen LogP contribution in [0.25, 0.3) is 0 Å². The van der Waals surface area contributed by atoms with Crippen molar-refractivity contribution in [3.8, 4) is 0 Å². The molecule has 18 heavy (non-hydrogen) atoms. The highest BCUT2D eigenvalue weighted by Gasteiger charge is 2.19. The van der Waals surface area contributed by atoms with Crippen molar-refractivity contribution in [3.05, 3.63) is 0 Å². The van der Waals surface area contributed by atoms with Gasteiger partial charge in [-0.05, 0) is 18.8 Å². The zero-order valence-corrected chi connectivity index (χ0v) is 11.3. The molecule has 0 radical (unpaired) electrons. The number of anilines is 3. The number of nitrogen functional groups attached to an aromatic ring is 1. The van der Waals surface area contributed by atoms with Crippen LogP contribution in [0.1, 0.15) is 32.6 Å². The van der Waals surface area contributed by atoms with E-state index in [1.807, 2.05) is 19.0 Å². The summed E-state index contributed by atoms with van der Waals surface area (Å²) in [5.74, 6) is 2.21. The Balaban J connectivity index is 2.08. The van der Waals surface area contributed by atoms with E-state index in [0.717, 1.165) is 5.92 Å². The number of hydrogen-bond donors (Lipinski definition) is 2. The van der Waals surface area contributed by atoms with Crippen LogP contribution in [-0.2, 0) is 0 Å². The Hall–Kier alpha value is -1.59. The molecule has 0 aromatic carbocycles. The predicted molar refractivity (Wildman–Crippen MR) is 73.6 cm³/mol. The summed E-state index contributed by atoms with van der Waals surface area (Å²) in [4.78, 5) is 14.4. The average Bonchev–Trinajstić information content (AvgIpc) is 2.28. The second-order valence-corrected chi connectivity index (χ2v) is 5.32. The molecule has 1 aromatic rings. The van der Waals surface area contributed by atoms with E-state index in [1.165, 1.54) is 25.7 Å². The van der Waals surface area contributed by atoms with Crippen molar-refractivity contribution in [2.75, 3.05) is 30.0 Å². The molecule has 1 heterocycles. The molecule has 2 unspecified atom stereocenters. The normalized spacial score (nSPS) is 23.7. The van der Waals surface area contributed by atoms with Gasteiger partial charge in [0, 0.05) is 20.1 Å². The Morgan fingerprint density at radius 3 is 2.67 bits per heavy atom. The lowest BCUT2D eigenvalue weighted by Crippen LogP contribution is -2.28. The van der Waals surface area contributed by atoms with Crippen LogP contribution < -0.4 is 16.0 Å². The first-order valence-electron chi connectivity index (χ1n) is 6.50. The fourth-order valence-corrected chi connectivity index (χ4v) is 2.39. The van der Waals surface area contributed by atoms with Crippen molar-refractivity contribution < 1.29 is 0 Å². The third kappa shape index (κ3) is 3.21. The monoisotopic (exact) mass is 250 g/mol. The minimum atomic E-state index is 0.264. The lowest BCUT2D eigenvalue weighted by molar-refractivity contribution is 0.357. The van der Waals surface area contributed by atoms with Crippen molar-refractivity contribution in [2.24, 2.45) is 5.92 Å². The molecule has 6 heteroatoms. The van der Waals surface area contributed by atoms with Gasteiger partial charge in [0.25, 0.3) is 0 Å². The van der Waals surface area contributed by atoms with Crippen LogP contribution in [0.4, 0.5) is 17.8 Å². The van der Waals surface area contributed by atoms with E-state index in [2.05, 4.69) is 27.2 Å². The topological polar surface area (TPSA) is 80.0 Å². The average molecular weight is 250 g/mol. The minimum absolute atomic E-state index is 0.264. The third-order valence-corrected chi connectivity index (χ3v) is 3.31.